The van der Waals surface area contributed by atoms with Gasteiger partial charge in [0.05, 0.1) is 17.0 Å². The number of carbonyl (C=O) groups excluding carboxylic acids is 2. The summed E-state index contributed by atoms with van der Waals surface area (Å²) in [4.78, 5) is 31.9. The molecule has 5 heteroatoms. The molecule has 2 aliphatic rings. The van der Waals surface area contributed by atoms with Gasteiger partial charge in [0.25, 0.3) is 0 Å². The van der Waals surface area contributed by atoms with E-state index in [0.29, 0.717) is 24.2 Å². The molecule has 28 heavy (non-hydrogen) atoms. The molecular weight excluding hydrogens is 350 g/mol. The minimum Gasteiger partial charge on any atom is -0.312 e. The molecule has 0 unspecified atom stereocenters. The van der Waals surface area contributed by atoms with E-state index < -0.39 is 0 Å². The first-order chi connectivity index (χ1) is 13.6. The Bertz CT molecular complexity index is 934. The summed E-state index contributed by atoms with van der Waals surface area (Å²) in [6.45, 7) is 0.675. The highest BCUT2D eigenvalue weighted by Gasteiger charge is 2.49. The van der Waals surface area contributed by atoms with Gasteiger partial charge in [0.2, 0.25) is 5.91 Å². The van der Waals surface area contributed by atoms with Gasteiger partial charge in [-0.05, 0) is 61.9 Å². The number of hydrogen-bond donors (Lipinski definition) is 0. The first kappa shape index (κ1) is 18.4. The average molecular weight is 373 g/mol. The zero-order valence-corrected chi connectivity index (χ0v) is 15.8. The summed E-state index contributed by atoms with van der Waals surface area (Å²) in [6, 6.07) is 14.8. The van der Waals surface area contributed by atoms with Gasteiger partial charge in [-0.15, -0.1) is 0 Å². The highest BCUT2D eigenvalue weighted by Crippen LogP contribution is 2.48. The lowest BCUT2D eigenvalue weighted by Gasteiger charge is -2.36. The molecule has 1 saturated heterocycles. The van der Waals surface area contributed by atoms with E-state index in [2.05, 4.69) is 11.1 Å². The van der Waals surface area contributed by atoms with Gasteiger partial charge in [0.1, 0.15) is 5.69 Å². The fourth-order valence-electron chi connectivity index (χ4n) is 4.79. The number of nitriles is 1. The molecule has 1 saturated carbocycles. The fourth-order valence-corrected chi connectivity index (χ4v) is 4.79. The van der Waals surface area contributed by atoms with Crippen molar-refractivity contribution in [1.29, 1.82) is 5.26 Å². The summed E-state index contributed by atoms with van der Waals surface area (Å²) in [7, 11) is 0. The first-order valence-electron chi connectivity index (χ1n) is 9.88. The molecule has 1 spiro atoms. The molecule has 1 aromatic heterocycles. The second-order valence-electron chi connectivity index (χ2n) is 7.95. The topological polar surface area (TPSA) is 74.1 Å². The van der Waals surface area contributed by atoms with Gasteiger partial charge in [-0.3, -0.25) is 14.6 Å². The van der Waals surface area contributed by atoms with Crippen molar-refractivity contribution in [3.05, 3.63) is 59.9 Å². The van der Waals surface area contributed by atoms with E-state index >= 15 is 0 Å². The second-order valence-corrected chi connectivity index (χ2v) is 7.95. The molecule has 0 N–H and O–H groups in total. The summed E-state index contributed by atoms with van der Waals surface area (Å²) < 4.78 is 0. The smallest absolute Gasteiger partial charge is 0.233 e. The van der Waals surface area contributed by atoms with E-state index in [1.54, 1.807) is 30.5 Å². The molecule has 5 nitrogen and oxygen atoms in total. The highest BCUT2D eigenvalue weighted by atomic mass is 16.2. The predicted molar refractivity (Wildman–Crippen MR) is 106 cm³/mol. The maximum absolute atomic E-state index is 13.3. The van der Waals surface area contributed by atoms with Crippen LogP contribution >= 0.6 is 0 Å². The van der Waals surface area contributed by atoms with Gasteiger partial charge < -0.3 is 4.90 Å². The monoisotopic (exact) mass is 373 g/mol. The zero-order chi connectivity index (χ0) is 19.6. The Morgan fingerprint density at radius 2 is 2.14 bits per heavy atom. The van der Waals surface area contributed by atoms with E-state index in [0.717, 1.165) is 37.8 Å². The van der Waals surface area contributed by atoms with Crippen molar-refractivity contribution in [2.75, 3.05) is 11.4 Å². The predicted octanol–water partition coefficient (Wildman–Crippen LogP) is 4.14. The van der Waals surface area contributed by atoms with Crippen LogP contribution in [0.15, 0.2) is 48.7 Å². The molecule has 4 rings (SSSR count). The molecule has 1 aliphatic carbocycles. The van der Waals surface area contributed by atoms with Crippen LogP contribution in [0.25, 0.3) is 0 Å². The molecule has 2 atom stereocenters. The lowest BCUT2D eigenvalue weighted by molar-refractivity contribution is -0.128. The van der Waals surface area contributed by atoms with Gasteiger partial charge in [-0.1, -0.05) is 18.6 Å². The second kappa shape index (κ2) is 7.55. The Kier molecular flexibility index (Phi) is 4.95. The number of benzene rings is 1. The third-order valence-corrected chi connectivity index (χ3v) is 6.17. The van der Waals surface area contributed by atoms with Crippen LogP contribution in [0.3, 0.4) is 0 Å². The van der Waals surface area contributed by atoms with Crippen molar-refractivity contribution in [2.45, 2.75) is 38.5 Å². The summed E-state index contributed by atoms with van der Waals surface area (Å²) in [5.41, 5.74) is 1.51. The summed E-state index contributed by atoms with van der Waals surface area (Å²) >= 11 is 0. The van der Waals surface area contributed by atoms with Crippen LogP contribution < -0.4 is 4.90 Å². The quantitative estimate of drug-likeness (QED) is 0.755. The Hall–Kier alpha value is -3.00. The maximum Gasteiger partial charge on any atom is 0.233 e. The lowest BCUT2D eigenvalue weighted by atomic mass is 9.67. The Balaban J connectivity index is 1.48. The molecule has 0 radical (unpaired) electrons. The largest absolute Gasteiger partial charge is 0.312 e. The zero-order valence-electron chi connectivity index (χ0n) is 15.8. The molecule has 2 fully saturated rings. The van der Waals surface area contributed by atoms with E-state index in [4.69, 9.17) is 5.26 Å². The van der Waals surface area contributed by atoms with Gasteiger partial charge in [0.15, 0.2) is 5.78 Å². The van der Waals surface area contributed by atoms with Crippen molar-refractivity contribution >= 4 is 17.4 Å². The van der Waals surface area contributed by atoms with Crippen LogP contribution in [0.5, 0.6) is 0 Å². The van der Waals surface area contributed by atoms with E-state index in [-0.39, 0.29) is 23.0 Å². The maximum atomic E-state index is 13.3. The van der Waals surface area contributed by atoms with Crippen LogP contribution in [0.1, 0.15) is 54.6 Å². The van der Waals surface area contributed by atoms with Gasteiger partial charge in [-0.25, -0.2) is 0 Å². The number of nitrogens with zero attached hydrogens (tertiary/aromatic N) is 3. The average Bonchev–Trinajstić information content (AvgIpc) is 3.04. The van der Waals surface area contributed by atoms with E-state index in [9.17, 15) is 9.59 Å². The molecular formula is C23H23N3O2. The molecule has 1 aliphatic heterocycles. The molecule has 2 aromatic rings. The normalized spacial score (nSPS) is 24.3. The van der Waals surface area contributed by atoms with Crippen molar-refractivity contribution in [3.63, 3.8) is 0 Å². The molecule has 142 valence electrons. The minimum atomic E-state index is -0.365. The van der Waals surface area contributed by atoms with Crippen molar-refractivity contribution in [1.82, 2.24) is 4.98 Å². The molecule has 1 aromatic carbocycles. The fraction of sp³-hybridized carbons (Fsp3) is 0.391. The number of amides is 1. The van der Waals surface area contributed by atoms with Gasteiger partial charge in [0, 0.05) is 24.8 Å². The first-order valence-corrected chi connectivity index (χ1v) is 9.88. The lowest BCUT2D eigenvalue weighted by Crippen LogP contribution is -2.38. The molecule has 0 bridgehead atoms. The van der Waals surface area contributed by atoms with Crippen LogP contribution in [-0.4, -0.2) is 23.2 Å². The van der Waals surface area contributed by atoms with Crippen molar-refractivity contribution in [2.24, 2.45) is 11.3 Å². The molecule has 2 heterocycles. The van der Waals surface area contributed by atoms with Crippen LogP contribution in [0, 0.1) is 22.7 Å². The van der Waals surface area contributed by atoms with Crippen molar-refractivity contribution < 1.29 is 9.59 Å². The number of hydrogen-bond acceptors (Lipinski definition) is 4. The number of ketones is 1. The van der Waals surface area contributed by atoms with Gasteiger partial charge >= 0.3 is 0 Å². The number of aromatic nitrogens is 1. The number of rotatable bonds is 4. The van der Waals surface area contributed by atoms with E-state index in [1.807, 2.05) is 23.1 Å². The molecule has 1 amide bonds. The summed E-state index contributed by atoms with van der Waals surface area (Å²) in [6.07, 6.45) is 6.51. The Morgan fingerprint density at radius 3 is 2.93 bits per heavy atom. The SMILES string of the molecule is N#Cc1cccc(N2CC[C@]3(CCC[C@H](CC(=O)c4ccccn4)C3)C2=O)c1. The van der Waals surface area contributed by atoms with Crippen LogP contribution in [0.4, 0.5) is 5.69 Å². The third-order valence-electron chi connectivity index (χ3n) is 6.17. The van der Waals surface area contributed by atoms with Gasteiger partial charge in [-0.2, -0.15) is 5.26 Å². The van der Waals surface area contributed by atoms with E-state index in [1.165, 1.54) is 0 Å². The number of anilines is 1. The highest BCUT2D eigenvalue weighted by molar-refractivity contribution is 6.00. The standard InChI is InChI=1S/C23H23N3O2/c24-16-18-5-3-7-19(13-18)26-12-10-23(22(26)28)9-4-6-17(15-23)14-21(27)20-8-1-2-11-25-20/h1-3,5,7-8,11,13,17H,4,6,9-10,12,14-15H2/t17-,23+/m1/s1. The third kappa shape index (κ3) is 3.43. The minimum absolute atomic E-state index is 0.0617. The number of Topliss-reactive ketones (excluding diaryl/α,β-unsaturated/α-hetero) is 1. The Labute approximate surface area is 165 Å². The Morgan fingerprint density at radius 1 is 1.25 bits per heavy atom. The van der Waals surface area contributed by atoms with Crippen molar-refractivity contribution in [3.8, 4) is 6.07 Å². The summed E-state index contributed by atoms with van der Waals surface area (Å²) in [5.74, 6) is 0.432. The number of carbonyl (C=O) groups is 2. The number of pyridine rings is 1. The van der Waals surface area contributed by atoms with Crippen LogP contribution in [-0.2, 0) is 4.79 Å². The van der Waals surface area contributed by atoms with Crippen LogP contribution in [0.2, 0.25) is 0 Å². The summed E-state index contributed by atoms with van der Waals surface area (Å²) in [5, 5.41) is 9.14.